The quantitative estimate of drug-likeness (QED) is 0.0986. The number of aliphatic carboxylic acids is 1. The standard InChI is InChI=1S/C36H53N5O8/c1-20(23-8-9-24-31-25(14-16-36(23,24)3)35(2)15-13-22(42)18-21(35)19-29(31)43)7-12-30(44)38-27(34(45)46)6-4-5-17-37-26-10-11-28(41(47)48)33-32(26)39-49-40-33/h10-11,20-25,27,29,31,37,42-43H,4-9,12-19H2,1-3H3,(H,38,44)(H,45,46)/t20-,21+,22-,23-,24+,25+,27+,29-,31+,35+,36-/m1/s1. The number of aromatic nitrogens is 2. The second-order valence-corrected chi connectivity index (χ2v) is 16.2. The van der Waals surface area contributed by atoms with E-state index in [9.17, 15) is 35.0 Å². The predicted molar refractivity (Wildman–Crippen MR) is 181 cm³/mol. The number of nitro benzene ring substituents is 1. The van der Waals surface area contributed by atoms with Crippen LogP contribution >= 0.6 is 0 Å². The van der Waals surface area contributed by atoms with Gasteiger partial charge >= 0.3 is 11.7 Å². The normalized spacial score (nSPS) is 35.1. The molecule has 2 aromatic rings. The van der Waals surface area contributed by atoms with Crippen molar-refractivity contribution in [3.8, 4) is 0 Å². The number of benzene rings is 1. The number of nitrogens with zero attached hydrogens (tertiary/aromatic N) is 3. The molecule has 0 radical (unpaired) electrons. The third kappa shape index (κ3) is 6.77. The van der Waals surface area contributed by atoms with Crippen LogP contribution in [0.1, 0.15) is 104 Å². The first-order valence-electron chi connectivity index (χ1n) is 18.3. The van der Waals surface area contributed by atoms with Gasteiger partial charge in [0.05, 0.1) is 22.8 Å². The van der Waals surface area contributed by atoms with Gasteiger partial charge in [-0.05, 0) is 140 Å². The van der Waals surface area contributed by atoms with Crippen molar-refractivity contribution < 1.29 is 34.5 Å². The third-order valence-electron chi connectivity index (χ3n) is 13.7. The lowest BCUT2D eigenvalue weighted by atomic mass is 9.43. The Morgan fingerprint density at radius 2 is 1.76 bits per heavy atom. The van der Waals surface area contributed by atoms with Crippen LogP contribution in [-0.2, 0) is 9.59 Å². The van der Waals surface area contributed by atoms with Crippen molar-refractivity contribution >= 4 is 34.3 Å². The van der Waals surface area contributed by atoms with Crippen molar-refractivity contribution in [1.29, 1.82) is 0 Å². The number of unbranched alkanes of at least 4 members (excludes halogenated alkanes) is 1. The molecule has 4 aliphatic carbocycles. The lowest BCUT2D eigenvalue weighted by Gasteiger charge is -2.62. The highest BCUT2D eigenvalue weighted by Gasteiger charge is 2.62. The first-order chi connectivity index (χ1) is 23.3. The maximum atomic E-state index is 13.0. The van der Waals surface area contributed by atoms with Crippen molar-refractivity contribution in [3.63, 3.8) is 0 Å². The summed E-state index contributed by atoms with van der Waals surface area (Å²) in [5.41, 5.74) is 0.977. The van der Waals surface area contributed by atoms with Gasteiger partial charge in [-0.3, -0.25) is 14.9 Å². The lowest BCUT2D eigenvalue weighted by Crippen LogP contribution is -2.58. The van der Waals surface area contributed by atoms with Crippen LogP contribution in [0, 0.1) is 56.5 Å². The van der Waals surface area contributed by atoms with Gasteiger partial charge in [0.2, 0.25) is 11.4 Å². The molecule has 13 nitrogen and oxygen atoms in total. The number of amides is 1. The van der Waals surface area contributed by atoms with E-state index in [1.54, 1.807) is 6.07 Å². The molecule has 270 valence electrons. The van der Waals surface area contributed by atoms with Gasteiger partial charge in [0.15, 0.2) is 5.52 Å². The smallest absolute Gasteiger partial charge is 0.326 e. The van der Waals surface area contributed by atoms with Crippen LogP contribution in [0.15, 0.2) is 16.8 Å². The average molecular weight is 684 g/mol. The van der Waals surface area contributed by atoms with Crippen molar-refractivity contribution in [3.05, 3.63) is 22.2 Å². The molecule has 4 saturated carbocycles. The van der Waals surface area contributed by atoms with E-state index in [-0.39, 0.29) is 58.5 Å². The minimum atomic E-state index is -1.06. The minimum Gasteiger partial charge on any atom is -0.480 e. The number of nitro groups is 1. The second-order valence-electron chi connectivity index (χ2n) is 16.2. The van der Waals surface area contributed by atoms with Crippen LogP contribution in [0.4, 0.5) is 11.4 Å². The molecule has 0 saturated heterocycles. The van der Waals surface area contributed by atoms with Gasteiger partial charge in [0.1, 0.15) is 6.04 Å². The predicted octanol–water partition coefficient (Wildman–Crippen LogP) is 5.69. The molecule has 4 fully saturated rings. The molecule has 0 bridgehead atoms. The van der Waals surface area contributed by atoms with E-state index >= 15 is 0 Å². The van der Waals surface area contributed by atoms with E-state index in [2.05, 4.69) is 46.3 Å². The molecule has 0 aliphatic heterocycles. The van der Waals surface area contributed by atoms with Crippen LogP contribution in [-0.4, -0.2) is 67.2 Å². The number of fused-ring (bicyclic) bond motifs is 6. The number of carbonyl (C=O) groups is 2. The highest BCUT2D eigenvalue weighted by atomic mass is 16.6. The van der Waals surface area contributed by atoms with Crippen LogP contribution in [0.3, 0.4) is 0 Å². The number of aliphatic hydroxyl groups is 2. The van der Waals surface area contributed by atoms with E-state index < -0.39 is 16.9 Å². The summed E-state index contributed by atoms with van der Waals surface area (Å²) in [6.07, 6.45) is 9.86. The number of carboxylic acid groups (broad SMARTS) is 1. The molecule has 5 N–H and O–H groups in total. The van der Waals surface area contributed by atoms with Gasteiger partial charge in [0, 0.05) is 19.0 Å². The maximum absolute atomic E-state index is 13.0. The zero-order valence-corrected chi connectivity index (χ0v) is 29.0. The van der Waals surface area contributed by atoms with Gasteiger partial charge in [-0.2, -0.15) is 0 Å². The topological polar surface area (TPSA) is 201 Å². The number of non-ortho nitro benzene ring substituents is 1. The molecule has 6 rings (SSSR count). The molecule has 49 heavy (non-hydrogen) atoms. The highest BCUT2D eigenvalue weighted by molar-refractivity contribution is 5.93. The van der Waals surface area contributed by atoms with Crippen molar-refractivity contribution in [1.82, 2.24) is 15.6 Å². The largest absolute Gasteiger partial charge is 0.480 e. The van der Waals surface area contributed by atoms with Crippen LogP contribution in [0.2, 0.25) is 0 Å². The van der Waals surface area contributed by atoms with E-state index in [1.165, 1.54) is 6.07 Å². The fourth-order valence-corrected chi connectivity index (χ4v) is 11.1. The fourth-order valence-electron chi connectivity index (χ4n) is 11.1. The summed E-state index contributed by atoms with van der Waals surface area (Å²) in [5.74, 6) is 1.14. The Kier molecular flexibility index (Phi) is 10.2. The molecular weight excluding hydrogens is 630 g/mol. The molecule has 13 heteroatoms. The first kappa shape index (κ1) is 35.5. The Morgan fingerprint density at radius 3 is 2.51 bits per heavy atom. The molecule has 4 aliphatic rings. The number of nitrogens with one attached hydrogen (secondary N) is 2. The molecule has 11 atom stereocenters. The Balaban J connectivity index is 0.968. The molecule has 1 aromatic heterocycles. The summed E-state index contributed by atoms with van der Waals surface area (Å²) < 4.78 is 4.69. The first-order valence-corrected chi connectivity index (χ1v) is 18.3. The van der Waals surface area contributed by atoms with Crippen LogP contribution in [0.5, 0.6) is 0 Å². The summed E-state index contributed by atoms with van der Waals surface area (Å²) in [6, 6.07) is 1.90. The SMILES string of the molecule is C[C@H](CCC(=O)N[C@@H](CCCCNc1ccc([N+](=O)[O-])c2nonc12)C(=O)O)[C@H]1CC[C@H]2[C@@H]3[C@H](O)C[C@@H]4C[C@H](O)CC[C@]4(C)[C@H]3CC[C@]12C. The number of carboxylic acids is 1. The Bertz CT molecular complexity index is 1530. The number of hydrogen-bond acceptors (Lipinski definition) is 10. The number of carbonyl (C=O) groups excluding carboxylic acids is 1. The molecular formula is C36H53N5O8. The minimum absolute atomic E-state index is 0.0594. The average Bonchev–Trinajstić information content (AvgIpc) is 3.68. The fraction of sp³-hybridized carbons (Fsp3) is 0.778. The van der Waals surface area contributed by atoms with E-state index in [4.69, 9.17) is 0 Å². The maximum Gasteiger partial charge on any atom is 0.326 e. The number of rotatable bonds is 13. The summed E-state index contributed by atoms with van der Waals surface area (Å²) in [7, 11) is 0. The Hall–Kier alpha value is -3.32. The summed E-state index contributed by atoms with van der Waals surface area (Å²) in [5, 5.41) is 56.2. The van der Waals surface area contributed by atoms with Gasteiger partial charge in [-0.15, -0.1) is 0 Å². The number of aliphatic hydroxyl groups excluding tert-OH is 2. The van der Waals surface area contributed by atoms with E-state index in [0.717, 1.165) is 51.4 Å². The summed E-state index contributed by atoms with van der Waals surface area (Å²) in [4.78, 5) is 35.7. The van der Waals surface area contributed by atoms with Gasteiger partial charge < -0.3 is 26.0 Å². The Labute approximate surface area is 287 Å². The zero-order valence-electron chi connectivity index (χ0n) is 29.0. The Morgan fingerprint density at radius 1 is 1.02 bits per heavy atom. The lowest BCUT2D eigenvalue weighted by molar-refractivity contribution is -0.383. The monoisotopic (exact) mass is 683 g/mol. The zero-order chi connectivity index (χ0) is 35.1. The van der Waals surface area contributed by atoms with E-state index in [1.807, 2.05) is 0 Å². The second kappa shape index (κ2) is 14.1. The third-order valence-corrected chi connectivity index (χ3v) is 13.7. The molecule has 1 aromatic carbocycles. The van der Waals surface area contributed by atoms with Crippen LogP contribution < -0.4 is 10.6 Å². The number of hydrogen-bond donors (Lipinski definition) is 5. The van der Waals surface area contributed by atoms with Crippen molar-refractivity contribution in [2.24, 2.45) is 46.3 Å². The molecule has 0 spiro atoms. The summed E-state index contributed by atoms with van der Waals surface area (Å²) in [6.45, 7) is 7.57. The molecule has 1 heterocycles. The van der Waals surface area contributed by atoms with Gasteiger partial charge in [0.25, 0.3) is 0 Å². The van der Waals surface area contributed by atoms with Crippen molar-refractivity contribution in [2.75, 3.05) is 11.9 Å². The highest BCUT2D eigenvalue weighted by Crippen LogP contribution is 2.68. The van der Waals surface area contributed by atoms with Crippen molar-refractivity contribution in [2.45, 2.75) is 122 Å². The van der Waals surface area contributed by atoms with E-state index in [0.29, 0.717) is 67.0 Å². The molecule has 1 amide bonds. The van der Waals surface area contributed by atoms with Gasteiger partial charge in [-0.1, -0.05) is 20.8 Å². The summed E-state index contributed by atoms with van der Waals surface area (Å²) >= 11 is 0. The van der Waals surface area contributed by atoms with Gasteiger partial charge in [-0.25, -0.2) is 9.42 Å². The van der Waals surface area contributed by atoms with Crippen LogP contribution in [0.25, 0.3) is 11.0 Å². The number of anilines is 1. The molecule has 0 unspecified atom stereocenters.